The van der Waals surface area contributed by atoms with Gasteiger partial charge in [-0.3, -0.25) is 4.79 Å². The third-order valence-electron chi connectivity index (χ3n) is 4.89. The molecular weight excluding hydrogens is 244 g/mol. The third-order valence-corrected chi connectivity index (χ3v) is 4.89. The van der Waals surface area contributed by atoms with Crippen LogP contribution in [0, 0.1) is 17.8 Å². The van der Waals surface area contributed by atoms with Crippen LogP contribution < -0.4 is 0 Å². The van der Waals surface area contributed by atoms with Crippen molar-refractivity contribution in [2.45, 2.75) is 58.3 Å². The fourth-order valence-corrected chi connectivity index (χ4v) is 3.67. The zero-order chi connectivity index (χ0) is 14.5. The van der Waals surface area contributed by atoms with Gasteiger partial charge in [-0.25, -0.2) is 0 Å². The SMILES string of the molecule is CC1=C2[C@@H]([C@@H](C(C)C)CC1=O)[C@H](O)[C@@](C)(O)C[C@H]2O. The van der Waals surface area contributed by atoms with E-state index in [-0.39, 0.29) is 30.0 Å². The van der Waals surface area contributed by atoms with Crippen molar-refractivity contribution in [1.82, 2.24) is 0 Å². The normalized spacial score (nSPS) is 43.7. The van der Waals surface area contributed by atoms with Crippen LogP contribution in [-0.2, 0) is 4.79 Å². The lowest BCUT2D eigenvalue weighted by Crippen LogP contribution is -2.57. The van der Waals surface area contributed by atoms with Crippen molar-refractivity contribution < 1.29 is 20.1 Å². The van der Waals surface area contributed by atoms with Crippen LogP contribution in [-0.4, -0.2) is 38.9 Å². The smallest absolute Gasteiger partial charge is 0.158 e. The minimum absolute atomic E-state index is 0.0253. The topological polar surface area (TPSA) is 77.8 Å². The van der Waals surface area contributed by atoms with Gasteiger partial charge in [-0.1, -0.05) is 13.8 Å². The molecule has 0 aromatic rings. The van der Waals surface area contributed by atoms with Gasteiger partial charge in [0.05, 0.1) is 17.8 Å². The van der Waals surface area contributed by atoms with Gasteiger partial charge in [-0.15, -0.1) is 0 Å². The molecule has 0 spiro atoms. The Kier molecular flexibility index (Phi) is 3.62. The fourth-order valence-electron chi connectivity index (χ4n) is 3.67. The van der Waals surface area contributed by atoms with Gasteiger partial charge in [0.1, 0.15) is 0 Å². The zero-order valence-electron chi connectivity index (χ0n) is 12.1. The molecule has 0 aromatic heterocycles. The molecule has 19 heavy (non-hydrogen) atoms. The molecule has 2 aliphatic carbocycles. The van der Waals surface area contributed by atoms with Crippen molar-refractivity contribution in [3.05, 3.63) is 11.1 Å². The summed E-state index contributed by atoms with van der Waals surface area (Å²) in [4.78, 5) is 12.1. The zero-order valence-corrected chi connectivity index (χ0v) is 12.1. The Labute approximate surface area is 114 Å². The molecule has 0 saturated heterocycles. The molecular formula is C15H24O4. The van der Waals surface area contributed by atoms with E-state index in [0.717, 1.165) is 0 Å². The molecule has 0 bridgehead atoms. The number of carbonyl (C=O) groups excluding carboxylic acids is 1. The predicted octanol–water partition coefficient (Wildman–Crippen LogP) is 1.04. The summed E-state index contributed by atoms with van der Waals surface area (Å²) in [5.74, 6) is -0.0791. The highest BCUT2D eigenvalue weighted by molar-refractivity contribution is 5.97. The van der Waals surface area contributed by atoms with Crippen molar-refractivity contribution >= 4 is 5.78 Å². The predicted molar refractivity (Wildman–Crippen MR) is 71.4 cm³/mol. The molecule has 0 heterocycles. The van der Waals surface area contributed by atoms with Crippen LogP contribution in [0.25, 0.3) is 0 Å². The summed E-state index contributed by atoms with van der Waals surface area (Å²) >= 11 is 0. The highest BCUT2D eigenvalue weighted by atomic mass is 16.3. The fraction of sp³-hybridized carbons (Fsp3) is 0.800. The van der Waals surface area contributed by atoms with Gasteiger partial charge >= 0.3 is 0 Å². The molecule has 1 fully saturated rings. The molecule has 0 unspecified atom stereocenters. The Hall–Kier alpha value is -0.710. The molecule has 5 atom stereocenters. The van der Waals surface area contributed by atoms with E-state index in [0.29, 0.717) is 17.6 Å². The number of ketones is 1. The van der Waals surface area contributed by atoms with E-state index in [1.807, 2.05) is 13.8 Å². The van der Waals surface area contributed by atoms with E-state index in [1.165, 1.54) is 0 Å². The molecule has 2 aliphatic rings. The number of aliphatic hydroxyl groups excluding tert-OH is 2. The number of carbonyl (C=O) groups is 1. The molecule has 1 saturated carbocycles. The summed E-state index contributed by atoms with van der Waals surface area (Å²) in [6, 6.07) is 0. The maximum Gasteiger partial charge on any atom is 0.158 e. The van der Waals surface area contributed by atoms with Crippen molar-refractivity contribution in [3.8, 4) is 0 Å². The Morgan fingerprint density at radius 1 is 1.32 bits per heavy atom. The Morgan fingerprint density at radius 3 is 2.42 bits per heavy atom. The van der Waals surface area contributed by atoms with Crippen LogP contribution >= 0.6 is 0 Å². The number of hydrogen-bond donors (Lipinski definition) is 3. The first kappa shape index (κ1) is 14.7. The minimum Gasteiger partial charge on any atom is -0.389 e. The second kappa shape index (κ2) is 4.69. The number of Topliss-reactive ketones (excluding diaryl/α,β-unsaturated/α-hetero) is 1. The van der Waals surface area contributed by atoms with Gasteiger partial charge < -0.3 is 15.3 Å². The average Bonchev–Trinajstić information content (AvgIpc) is 2.28. The van der Waals surface area contributed by atoms with E-state index in [4.69, 9.17) is 0 Å². The number of allylic oxidation sites excluding steroid dienone is 1. The second-order valence-corrected chi connectivity index (χ2v) is 6.66. The second-order valence-electron chi connectivity index (χ2n) is 6.66. The molecule has 0 aliphatic heterocycles. The maximum absolute atomic E-state index is 12.1. The molecule has 2 rings (SSSR count). The van der Waals surface area contributed by atoms with Gasteiger partial charge in [0, 0.05) is 18.8 Å². The molecule has 108 valence electrons. The Morgan fingerprint density at radius 2 is 1.89 bits per heavy atom. The monoisotopic (exact) mass is 268 g/mol. The van der Waals surface area contributed by atoms with Crippen molar-refractivity contribution in [3.63, 3.8) is 0 Å². The molecule has 0 radical (unpaired) electrons. The maximum atomic E-state index is 12.1. The number of rotatable bonds is 1. The van der Waals surface area contributed by atoms with Crippen LogP contribution in [0.2, 0.25) is 0 Å². The number of hydrogen-bond acceptors (Lipinski definition) is 4. The van der Waals surface area contributed by atoms with Gasteiger partial charge in [0.25, 0.3) is 0 Å². The summed E-state index contributed by atoms with van der Waals surface area (Å²) in [7, 11) is 0. The molecule has 4 nitrogen and oxygen atoms in total. The largest absolute Gasteiger partial charge is 0.389 e. The van der Waals surface area contributed by atoms with E-state index >= 15 is 0 Å². The molecule has 0 aromatic carbocycles. The number of aliphatic hydroxyl groups is 3. The third kappa shape index (κ3) is 2.26. The lowest BCUT2D eigenvalue weighted by Gasteiger charge is -2.49. The minimum atomic E-state index is -1.30. The molecule has 4 heteroatoms. The summed E-state index contributed by atoms with van der Waals surface area (Å²) in [5.41, 5.74) is -0.0839. The van der Waals surface area contributed by atoms with Crippen LogP contribution in [0.15, 0.2) is 11.1 Å². The van der Waals surface area contributed by atoms with Crippen LogP contribution in [0.5, 0.6) is 0 Å². The standard InChI is InChI=1S/C15H24O4/c1-7(2)9-5-10(16)8(3)12-11(17)6-15(4,19)14(18)13(9)12/h7,9,11,13-14,17-19H,5-6H2,1-4H3/t9-,11-,13-,14+,15+/m1/s1. The van der Waals surface area contributed by atoms with Crippen LogP contribution in [0.1, 0.15) is 40.5 Å². The van der Waals surface area contributed by atoms with E-state index in [1.54, 1.807) is 13.8 Å². The summed E-state index contributed by atoms with van der Waals surface area (Å²) in [6.07, 6.45) is -1.30. The van der Waals surface area contributed by atoms with Crippen molar-refractivity contribution in [2.75, 3.05) is 0 Å². The van der Waals surface area contributed by atoms with E-state index in [2.05, 4.69) is 0 Å². The summed E-state index contributed by atoms with van der Waals surface area (Å²) in [6.45, 7) is 7.30. The lowest BCUT2D eigenvalue weighted by atomic mass is 9.59. The first-order valence-corrected chi connectivity index (χ1v) is 6.99. The quantitative estimate of drug-likeness (QED) is 0.664. The van der Waals surface area contributed by atoms with Crippen LogP contribution in [0.3, 0.4) is 0 Å². The first-order valence-electron chi connectivity index (χ1n) is 6.99. The first-order chi connectivity index (χ1) is 8.66. The highest BCUT2D eigenvalue weighted by Crippen LogP contribution is 2.47. The molecule has 0 amide bonds. The lowest BCUT2D eigenvalue weighted by molar-refractivity contribution is -0.144. The van der Waals surface area contributed by atoms with Gasteiger partial charge in [0.2, 0.25) is 0 Å². The Bertz CT molecular complexity index is 422. The van der Waals surface area contributed by atoms with Crippen LogP contribution in [0.4, 0.5) is 0 Å². The molecule has 3 N–H and O–H groups in total. The van der Waals surface area contributed by atoms with Gasteiger partial charge in [-0.05, 0) is 36.8 Å². The Balaban J connectivity index is 2.53. The summed E-state index contributed by atoms with van der Waals surface area (Å²) in [5, 5.41) is 31.0. The number of fused-ring (bicyclic) bond motifs is 1. The van der Waals surface area contributed by atoms with E-state index < -0.39 is 17.8 Å². The van der Waals surface area contributed by atoms with Crippen molar-refractivity contribution in [1.29, 1.82) is 0 Å². The van der Waals surface area contributed by atoms with Crippen molar-refractivity contribution in [2.24, 2.45) is 17.8 Å². The highest BCUT2D eigenvalue weighted by Gasteiger charge is 2.52. The summed E-state index contributed by atoms with van der Waals surface area (Å²) < 4.78 is 0. The average molecular weight is 268 g/mol. The van der Waals surface area contributed by atoms with Gasteiger partial charge in [0.15, 0.2) is 5.78 Å². The van der Waals surface area contributed by atoms with Gasteiger partial charge in [-0.2, -0.15) is 0 Å². The van der Waals surface area contributed by atoms with E-state index in [9.17, 15) is 20.1 Å².